The lowest BCUT2D eigenvalue weighted by atomic mass is 9.91. The van der Waals surface area contributed by atoms with Crippen LogP contribution < -0.4 is 4.90 Å². The summed E-state index contributed by atoms with van der Waals surface area (Å²) in [5.41, 5.74) is 2.25. The van der Waals surface area contributed by atoms with Crippen molar-refractivity contribution in [1.29, 1.82) is 0 Å². The van der Waals surface area contributed by atoms with E-state index in [0.717, 1.165) is 34.1 Å². The van der Waals surface area contributed by atoms with E-state index >= 15 is 0 Å². The number of hydrogen-bond acceptors (Lipinski definition) is 2. The number of carbonyl (C=O) groups excluding carboxylic acids is 1. The van der Waals surface area contributed by atoms with E-state index in [1.54, 1.807) is 17.0 Å². The summed E-state index contributed by atoms with van der Waals surface area (Å²) in [6.07, 6.45) is 1.23. The molecule has 2 aromatic rings. The second-order valence-corrected chi connectivity index (χ2v) is 8.15. The second kappa shape index (κ2) is 6.79. The molecule has 0 saturated heterocycles. The van der Waals surface area contributed by atoms with Crippen LogP contribution in [-0.4, -0.2) is 11.7 Å². The van der Waals surface area contributed by atoms with E-state index in [1.807, 2.05) is 39.0 Å². The Morgan fingerprint density at radius 1 is 1.20 bits per heavy atom. The predicted octanol–water partition coefficient (Wildman–Crippen LogP) is 6.02. The van der Waals surface area contributed by atoms with Crippen molar-refractivity contribution < 1.29 is 13.9 Å². The molecule has 1 heterocycles. The number of hydrogen-bond donors (Lipinski definition) is 0. The Labute approximate surface area is 155 Å². The molecule has 1 unspecified atom stereocenters. The first kappa shape index (κ1) is 17.9. The number of rotatable bonds is 1. The van der Waals surface area contributed by atoms with Gasteiger partial charge in [0.05, 0.1) is 11.7 Å². The van der Waals surface area contributed by atoms with Crippen molar-refractivity contribution in [1.82, 2.24) is 0 Å². The number of halogens is 2. The number of anilines is 1. The fourth-order valence-corrected chi connectivity index (χ4v) is 3.45. The zero-order valence-corrected chi connectivity index (χ0v) is 16.1. The average molecular weight is 406 g/mol. The van der Waals surface area contributed by atoms with E-state index in [1.165, 1.54) is 12.1 Å². The molecule has 0 N–H and O–H groups in total. The van der Waals surface area contributed by atoms with Crippen molar-refractivity contribution in [2.75, 3.05) is 4.90 Å². The van der Waals surface area contributed by atoms with Gasteiger partial charge in [-0.3, -0.25) is 4.90 Å². The molecule has 0 radical (unpaired) electrons. The standard InChI is InChI=1S/C20H21BrFNO2/c1-20(2,3)25-19(24)23-17(13-5-9-16(22)10-6-13)11-7-14-4-8-15(21)12-18(14)23/h4-6,8-10,12,17H,7,11H2,1-3H3. The summed E-state index contributed by atoms with van der Waals surface area (Å²) in [6.45, 7) is 5.55. The number of carbonyl (C=O) groups is 1. The van der Waals surface area contributed by atoms with Gasteiger partial charge in [-0.2, -0.15) is 0 Å². The number of amides is 1. The summed E-state index contributed by atoms with van der Waals surface area (Å²) in [4.78, 5) is 14.6. The summed E-state index contributed by atoms with van der Waals surface area (Å²) in [5, 5.41) is 0. The van der Waals surface area contributed by atoms with Crippen LogP contribution in [0.25, 0.3) is 0 Å². The predicted molar refractivity (Wildman–Crippen MR) is 100 cm³/mol. The molecule has 0 saturated carbocycles. The largest absolute Gasteiger partial charge is 0.443 e. The lowest BCUT2D eigenvalue weighted by molar-refractivity contribution is 0.0560. The Bertz CT molecular complexity index is 783. The molecule has 0 spiro atoms. The molecule has 0 aromatic heterocycles. The van der Waals surface area contributed by atoms with Crippen LogP contribution in [0.2, 0.25) is 0 Å². The topological polar surface area (TPSA) is 29.5 Å². The van der Waals surface area contributed by atoms with Crippen molar-refractivity contribution in [2.45, 2.75) is 45.3 Å². The maximum atomic E-state index is 13.3. The molecular formula is C20H21BrFNO2. The minimum absolute atomic E-state index is 0.183. The van der Waals surface area contributed by atoms with Crippen LogP contribution in [0.4, 0.5) is 14.9 Å². The maximum absolute atomic E-state index is 13.3. The van der Waals surface area contributed by atoms with Gasteiger partial charge in [0, 0.05) is 4.47 Å². The van der Waals surface area contributed by atoms with Gasteiger partial charge >= 0.3 is 6.09 Å². The molecule has 0 bridgehead atoms. The van der Waals surface area contributed by atoms with Gasteiger partial charge in [0.1, 0.15) is 11.4 Å². The minimum atomic E-state index is -0.589. The molecule has 132 valence electrons. The average Bonchev–Trinajstić information content (AvgIpc) is 2.52. The Balaban J connectivity index is 2.05. The summed E-state index contributed by atoms with van der Waals surface area (Å²) in [6, 6.07) is 12.1. The van der Waals surface area contributed by atoms with Crippen molar-refractivity contribution >= 4 is 27.7 Å². The lowest BCUT2D eigenvalue weighted by Crippen LogP contribution is -2.42. The number of nitrogens with zero attached hydrogens (tertiary/aromatic N) is 1. The van der Waals surface area contributed by atoms with E-state index in [2.05, 4.69) is 15.9 Å². The van der Waals surface area contributed by atoms with E-state index in [4.69, 9.17) is 4.74 Å². The Morgan fingerprint density at radius 3 is 2.52 bits per heavy atom. The van der Waals surface area contributed by atoms with Crippen molar-refractivity contribution in [3.63, 3.8) is 0 Å². The van der Waals surface area contributed by atoms with Gasteiger partial charge < -0.3 is 4.74 Å². The van der Waals surface area contributed by atoms with E-state index in [0.29, 0.717) is 0 Å². The highest BCUT2D eigenvalue weighted by molar-refractivity contribution is 9.10. The molecule has 2 aromatic carbocycles. The first-order valence-corrected chi connectivity index (χ1v) is 9.10. The first-order valence-electron chi connectivity index (χ1n) is 8.31. The summed E-state index contributed by atoms with van der Waals surface area (Å²) >= 11 is 3.49. The number of ether oxygens (including phenoxy) is 1. The molecule has 0 aliphatic carbocycles. The molecule has 3 rings (SSSR count). The number of aryl methyl sites for hydroxylation is 1. The molecule has 1 amide bonds. The molecule has 1 atom stereocenters. The number of benzene rings is 2. The van der Waals surface area contributed by atoms with Gasteiger partial charge in [-0.25, -0.2) is 9.18 Å². The van der Waals surface area contributed by atoms with E-state index in [9.17, 15) is 9.18 Å². The van der Waals surface area contributed by atoms with Gasteiger partial charge in [-0.15, -0.1) is 0 Å². The fraction of sp³-hybridized carbons (Fsp3) is 0.350. The summed E-state index contributed by atoms with van der Waals surface area (Å²) in [7, 11) is 0. The zero-order chi connectivity index (χ0) is 18.2. The van der Waals surface area contributed by atoms with Crippen LogP contribution in [0.15, 0.2) is 46.9 Å². The van der Waals surface area contributed by atoms with Crippen LogP contribution in [0.1, 0.15) is 44.4 Å². The summed E-state index contributed by atoms with van der Waals surface area (Å²) < 4.78 is 19.9. The van der Waals surface area contributed by atoms with E-state index < -0.39 is 5.60 Å². The van der Waals surface area contributed by atoms with Crippen molar-refractivity contribution in [3.05, 3.63) is 63.9 Å². The first-order chi connectivity index (χ1) is 11.7. The van der Waals surface area contributed by atoms with Gasteiger partial charge in [0.25, 0.3) is 0 Å². The van der Waals surface area contributed by atoms with Crippen molar-refractivity contribution in [2.24, 2.45) is 0 Å². The third kappa shape index (κ3) is 4.03. The molecule has 1 aliphatic rings. The molecule has 25 heavy (non-hydrogen) atoms. The van der Waals surface area contributed by atoms with E-state index in [-0.39, 0.29) is 18.0 Å². The third-order valence-corrected chi connectivity index (χ3v) is 4.64. The summed E-state index contributed by atoms with van der Waals surface area (Å²) in [5.74, 6) is -0.286. The van der Waals surface area contributed by atoms with Crippen LogP contribution >= 0.6 is 15.9 Å². The van der Waals surface area contributed by atoms with Crippen molar-refractivity contribution in [3.8, 4) is 0 Å². The Morgan fingerprint density at radius 2 is 1.88 bits per heavy atom. The molecular weight excluding hydrogens is 385 g/mol. The zero-order valence-electron chi connectivity index (χ0n) is 14.6. The van der Waals surface area contributed by atoms with Gasteiger partial charge in [-0.1, -0.05) is 34.1 Å². The van der Waals surface area contributed by atoms with Gasteiger partial charge in [-0.05, 0) is 69.0 Å². The van der Waals surface area contributed by atoms with Crippen LogP contribution in [0.5, 0.6) is 0 Å². The van der Waals surface area contributed by atoms with Gasteiger partial charge in [0.2, 0.25) is 0 Å². The molecule has 1 aliphatic heterocycles. The van der Waals surface area contributed by atoms with Crippen LogP contribution in [0, 0.1) is 5.82 Å². The van der Waals surface area contributed by atoms with Crippen LogP contribution in [0.3, 0.4) is 0 Å². The second-order valence-electron chi connectivity index (χ2n) is 7.23. The Kier molecular flexibility index (Phi) is 4.87. The highest BCUT2D eigenvalue weighted by Crippen LogP contribution is 2.40. The smallest absolute Gasteiger partial charge is 0.415 e. The monoisotopic (exact) mass is 405 g/mol. The quantitative estimate of drug-likeness (QED) is 0.580. The SMILES string of the molecule is CC(C)(C)OC(=O)N1c2cc(Br)ccc2CCC1c1ccc(F)cc1. The lowest BCUT2D eigenvalue weighted by Gasteiger charge is -2.38. The normalized spacial score (nSPS) is 17.2. The minimum Gasteiger partial charge on any atom is -0.443 e. The van der Waals surface area contributed by atoms with Gasteiger partial charge in [0.15, 0.2) is 0 Å². The molecule has 3 nitrogen and oxygen atoms in total. The molecule has 0 fully saturated rings. The van der Waals surface area contributed by atoms with Crippen LogP contribution in [-0.2, 0) is 11.2 Å². The maximum Gasteiger partial charge on any atom is 0.415 e. The Hall–Kier alpha value is -1.88. The molecule has 5 heteroatoms. The highest BCUT2D eigenvalue weighted by atomic mass is 79.9. The fourth-order valence-electron chi connectivity index (χ4n) is 3.10. The highest BCUT2D eigenvalue weighted by Gasteiger charge is 2.35. The number of fused-ring (bicyclic) bond motifs is 1. The third-order valence-electron chi connectivity index (χ3n) is 4.15.